The number of aromatic nitrogens is 3. The van der Waals surface area contributed by atoms with E-state index in [1.165, 1.54) is 24.6 Å². The molecule has 2 heterocycles. The van der Waals surface area contributed by atoms with Gasteiger partial charge in [0.2, 0.25) is 11.1 Å². The highest BCUT2D eigenvalue weighted by Crippen LogP contribution is 2.29. The van der Waals surface area contributed by atoms with Crippen molar-refractivity contribution < 1.29 is 9.53 Å². The molecular formula is C22H25N5O2S. The van der Waals surface area contributed by atoms with Crippen LogP contribution in [0.1, 0.15) is 24.2 Å². The predicted octanol–water partition coefficient (Wildman–Crippen LogP) is 4.02. The maximum atomic E-state index is 12.5. The number of benzene rings is 2. The summed E-state index contributed by atoms with van der Waals surface area (Å²) >= 11 is 1.30. The quantitative estimate of drug-likeness (QED) is 0.533. The van der Waals surface area contributed by atoms with Gasteiger partial charge in [0.1, 0.15) is 12.4 Å². The predicted molar refractivity (Wildman–Crippen MR) is 119 cm³/mol. The van der Waals surface area contributed by atoms with Crippen molar-refractivity contribution in [2.24, 2.45) is 0 Å². The molecule has 0 unspecified atom stereocenters. The minimum Gasteiger partial charge on any atom is -0.485 e. The molecule has 0 radical (unpaired) electrons. The van der Waals surface area contributed by atoms with Gasteiger partial charge in [-0.2, -0.15) is 0 Å². The van der Waals surface area contributed by atoms with E-state index >= 15 is 0 Å². The first-order valence-electron chi connectivity index (χ1n) is 10.1. The van der Waals surface area contributed by atoms with Gasteiger partial charge in [-0.3, -0.25) is 9.89 Å². The second kappa shape index (κ2) is 9.67. The van der Waals surface area contributed by atoms with Gasteiger partial charge in [-0.25, -0.2) is 4.98 Å². The van der Waals surface area contributed by atoms with Crippen LogP contribution in [0, 0.1) is 6.92 Å². The van der Waals surface area contributed by atoms with E-state index in [1.54, 1.807) is 0 Å². The Morgan fingerprint density at radius 2 is 1.93 bits per heavy atom. The smallest absolute Gasteiger partial charge is 0.234 e. The first-order chi connectivity index (χ1) is 14.7. The third kappa shape index (κ3) is 5.13. The van der Waals surface area contributed by atoms with Crippen LogP contribution in [0.2, 0.25) is 0 Å². The summed E-state index contributed by atoms with van der Waals surface area (Å²) in [4.78, 5) is 19.2. The summed E-state index contributed by atoms with van der Waals surface area (Å²) in [5.41, 5.74) is 3.01. The first-order valence-corrected chi connectivity index (χ1v) is 11.0. The number of rotatable bonds is 8. The number of nitrogens with one attached hydrogen (secondary N) is 2. The molecule has 1 amide bonds. The van der Waals surface area contributed by atoms with Crippen LogP contribution in [0.25, 0.3) is 0 Å². The van der Waals surface area contributed by atoms with Crippen LogP contribution >= 0.6 is 11.8 Å². The second-order valence-corrected chi connectivity index (χ2v) is 8.11. The van der Waals surface area contributed by atoms with Gasteiger partial charge in [-0.15, -0.1) is 5.10 Å². The summed E-state index contributed by atoms with van der Waals surface area (Å²) in [5.74, 6) is 1.61. The van der Waals surface area contributed by atoms with Crippen molar-refractivity contribution >= 4 is 29.0 Å². The zero-order valence-corrected chi connectivity index (χ0v) is 17.7. The number of thioether (sulfide) groups is 1. The lowest BCUT2D eigenvalue weighted by Gasteiger charge is -2.21. The van der Waals surface area contributed by atoms with Gasteiger partial charge in [0.15, 0.2) is 5.82 Å². The highest BCUT2D eigenvalue weighted by atomic mass is 32.2. The lowest BCUT2D eigenvalue weighted by atomic mass is 10.2. The van der Waals surface area contributed by atoms with E-state index in [9.17, 15) is 4.79 Å². The van der Waals surface area contributed by atoms with Crippen molar-refractivity contribution in [2.75, 3.05) is 29.1 Å². The SMILES string of the molecule is Cc1ccccc1OCc1nc(SCC(=O)Nc2ccccc2N2CCCC2)n[nH]1. The fraction of sp³-hybridized carbons (Fsp3) is 0.318. The zero-order valence-electron chi connectivity index (χ0n) is 16.9. The van der Waals surface area contributed by atoms with Crippen molar-refractivity contribution in [1.82, 2.24) is 15.2 Å². The van der Waals surface area contributed by atoms with Crippen molar-refractivity contribution in [3.63, 3.8) is 0 Å². The molecule has 0 aliphatic carbocycles. The van der Waals surface area contributed by atoms with E-state index in [2.05, 4.69) is 31.5 Å². The number of aryl methyl sites for hydroxylation is 1. The average Bonchev–Trinajstić information content (AvgIpc) is 3.44. The largest absolute Gasteiger partial charge is 0.485 e. The van der Waals surface area contributed by atoms with Crippen molar-refractivity contribution in [2.45, 2.75) is 31.5 Å². The van der Waals surface area contributed by atoms with Crippen LogP contribution in [0.3, 0.4) is 0 Å². The van der Waals surface area contributed by atoms with Gasteiger partial charge in [0.25, 0.3) is 0 Å². The number of hydrogen-bond donors (Lipinski definition) is 2. The number of carbonyl (C=O) groups excluding carboxylic acids is 1. The van der Waals surface area contributed by atoms with E-state index in [0.29, 0.717) is 17.6 Å². The summed E-state index contributed by atoms with van der Waals surface area (Å²) in [7, 11) is 0. The Kier molecular flexibility index (Phi) is 6.53. The molecule has 1 aromatic heterocycles. The highest BCUT2D eigenvalue weighted by Gasteiger charge is 2.17. The van der Waals surface area contributed by atoms with Crippen LogP contribution in [0.4, 0.5) is 11.4 Å². The van der Waals surface area contributed by atoms with Crippen molar-refractivity contribution in [3.8, 4) is 5.75 Å². The molecule has 1 aliphatic heterocycles. The fourth-order valence-corrected chi connectivity index (χ4v) is 4.02. The Hall–Kier alpha value is -3.00. The first kappa shape index (κ1) is 20.3. The number of carbonyl (C=O) groups is 1. The Balaban J connectivity index is 1.28. The summed E-state index contributed by atoms with van der Waals surface area (Å²) in [6.45, 7) is 4.36. The topological polar surface area (TPSA) is 83.1 Å². The van der Waals surface area contributed by atoms with Gasteiger partial charge in [0.05, 0.1) is 17.1 Å². The van der Waals surface area contributed by atoms with Gasteiger partial charge in [0, 0.05) is 13.1 Å². The maximum absolute atomic E-state index is 12.5. The molecular weight excluding hydrogens is 398 g/mol. The third-order valence-corrected chi connectivity index (χ3v) is 5.77. The van der Waals surface area contributed by atoms with Crippen LogP contribution in [-0.4, -0.2) is 39.9 Å². The van der Waals surface area contributed by atoms with E-state index < -0.39 is 0 Å². The second-order valence-electron chi connectivity index (χ2n) is 7.17. The third-order valence-electron chi connectivity index (χ3n) is 4.93. The van der Waals surface area contributed by atoms with E-state index in [-0.39, 0.29) is 11.7 Å². The van der Waals surface area contributed by atoms with Gasteiger partial charge >= 0.3 is 0 Å². The van der Waals surface area contributed by atoms with E-state index in [0.717, 1.165) is 35.8 Å². The number of hydrogen-bond acceptors (Lipinski definition) is 6. The molecule has 0 saturated carbocycles. The normalized spacial score (nSPS) is 13.4. The lowest BCUT2D eigenvalue weighted by molar-refractivity contribution is -0.113. The Morgan fingerprint density at radius 3 is 2.77 bits per heavy atom. The zero-order chi connectivity index (χ0) is 20.8. The van der Waals surface area contributed by atoms with Gasteiger partial charge in [-0.05, 0) is 43.5 Å². The standard InChI is InChI=1S/C22H25N5O2S/c1-16-8-2-5-11-19(16)29-14-20-24-22(26-25-20)30-15-21(28)23-17-9-3-4-10-18(17)27-12-6-7-13-27/h2-5,8-11H,6-7,12-15H2,1H3,(H,23,28)(H,24,25,26). The Labute approximate surface area is 180 Å². The summed E-state index contributed by atoms with van der Waals surface area (Å²) in [6.07, 6.45) is 2.39. The molecule has 0 bridgehead atoms. The molecule has 7 nitrogen and oxygen atoms in total. The summed E-state index contributed by atoms with van der Waals surface area (Å²) in [5, 5.41) is 10.6. The van der Waals surface area contributed by atoms with E-state index in [1.807, 2.05) is 49.4 Å². The minimum atomic E-state index is -0.0749. The summed E-state index contributed by atoms with van der Waals surface area (Å²) in [6, 6.07) is 15.8. The van der Waals surface area contributed by atoms with Crippen molar-refractivity contribution in [3.05, 3.63) is 59.9 Å². The maximum Gasteiger partial charge on any atom is 0.234 e. The number of nitrogens with zero attached hydrogens (tertiary/aromatic N) is 3. The molecule has 8 heteroatoms. The number of anilines is 2. The van der Waals surface area contributed by atoms with Crippen LogP contribution in [-0.2, 0) is 11.4 Å². The highest BCUT2D eigenvalue weighted by molar-refractivity contribution is 7.99. The van der Waals surface area contributed by atoms with Crippen LogP contribution < -0.4 is 15.0 Å². The van der Waals surface area contributed by atoms with Crippen molar-refractivity contribution in [1.29, 1.82) is 0 Å². The van der Waals surface area contributed by atoms with Crippen LogP contribution in [0.15, 0.2) is 53.7 Å². The number of para-hydroxylation sites is 3. The average molecular weight is 424 g/mol. The molecule has 0 atom stereocenters. The van der Waals surface area contributed by atoms with Crippen LogP contribution in [0.5, 0.6) is 5.75 Å². The molecule has 2 aromatic carbocycles. The number of ether oxygens (including phenoxy) is 1. The van der Waals surface area contributed by atoms with Gasteiger partial charge in [-0.1, -0.05) is 42.1 Å². The monoisotopic (exact) mass is 423 g/mol. The molecule has 1 saturated heterocycles. The lowest BCUT2D eigenvalue weighted by Crippen LogP contribution is -2.21. The number of H-pyrrole nitrogens is 1. The van der Waals surface area contributed by atoms with Gasteiger partial charge < -0.3 is 15.0 Å². The number of amides is 1. The molecule has 0 spiro atoms. The molecule has 30 heavy (non-hydrogen) atoms. The molecule has 4 rings (SSSR count). The number of aromatic amines is 1. The van der Waals surface area contributed by atoms with E-state index in [4.69, 9.17) is 4.74 Å². The summed E-state index contributed by atoms with van der Waals surface area (Å²) < 4.78 is 5.78. The fourth-order valence-electron chi connectivity index (χ4n) is 3.40. The molecule has 3 aromatic rings. The minimum absolute atomic E-state index is 0.0749. The Bertz CT molecular complexity index is 1000. The molecule has 1 aliphatic rings. The molecule has 1 fully saturated rings. The molecule has 156 valence electrons. The molecule has 2 N–H and O–H groups in total. The Morgan fingerprint density at radius 1 is 1.17 bits per heavy atom.